The van der Waals surface area contributed by atoms with Gasteiger partial charge in [0.05, 0.1) is 11.3 Å². The van der Waals surface area contributed by atoms with E-state index >= 15 is 0 Å². The number of nitrogens with two attached hydrogens (primary N) is 1. The Bertz CT molecular complexity index is 445. The minimum Gasteiger partial charge on any atom is -0.412 e. The largest absolute Gasteiger partial charge is 0.412 e. The van der Waals surface area contributed by atoms with Gasteiger partial charge in [0.15, 0.2) is 0 Å². The fourth-order valence-electron chi connectivity index (χ4n) is 2.25. The van der Waals surface area contributed by atoms with E-state index < -0.39 is 5.91 Å². The van der Waals surface area contributed by atoms with Gasteiger partial charge in [0.25, 0.3) is 5.91 Å². The van der Waals surface area contributed by atoms with E-state index in [1.807, 2.05) is 0 Å². The number of aryl methyl sites for hydroxylation is 1. The average Bonchev–Trinajstić information content (AvgIpc) is 3.25. The van der Waals surface area contributed by atoms with Crippen molar-refractivity contribution >= 4 is 11.9 Å². The number of aromatic nitrogens is 2. The van der Waals surface area contributed by atoms with Gasteiger partial charge in [-0.25, -0.2) is 9.97 Å². The van der Waals surface area contributed by atoms with Gasteiger partial charge in [0, 0.05) is 12.2 Å². The highest BCUT2D eigenvalue weighted by molar-refractivity contribution is 5.93. The molecule has 3 rings (SSSR count). The molecule has 0 spiro atoms. The van der Waals surface area contributed by atoms with Crippen LogP contribution in [-0.2, 0) is 0 Å². The number of nitrogens with zero attached hydrogens (tertiary/aromatic N) is 2. The van der Waals surface area contributed by atoms with Gasteiger partial charge < -0.3 is 16.5 Å². The van der Waals surface area contributed by atoms with Crippen LogP contribution in [-0.4, -0.2) is 27.4 Å². The highest BCUT2D eigenvalue weighted by atomic mass is 16.1. The monoisotopic (exact) mass is 294 g/mol. The number of carbonyl (C=O) groups is 1. The van der Waals surface area contributed by atoms with Gasteiger partial charge in [-0.1, -0.05) is 38.5 Å². The van der Waals surface area contributed by atoms with Gasteiger partial charge in [0.1, 0.15) is 0 Å². The van der Waals surface area contributed by atoms with Crippen LogP contribution in [0.1, 0.15) is 67.4 Å². The van der Waals surface area contributed by atoms with Crippen molar-refractivity contribution in [3.8, 4) is 0 Å². The van der Waals surface area contributed by atoms with Crippen LogP contribution in [0, 0.1) is 6.92 Å². The molecule has 118 valence electrons. The molecular formula is C15H26N4O2. The van der Waals surface area contributed by atoms with Crippen LogP contribution in [0.5, 0.6) is 0 Å². The Kier molecular flexibility index (Phi) is 7.08. The van der Waals surface area contributed by atoms with Gasteiger partial charge in [-0.15, -0.1) is 0 Å². The molecule has 2 aliphatic rings. The number of carbonyl (C=O) groups excluding carboxylic acids is 1. The van der Waals surface area contributed by atoms with E-state index in [1.54, 1.807) is 6.92 Å². The molecule has 5 N–H and O–H groups in total. The lowest BCUT2D eigenvalue weighted by Crippen LogP contribution is -2.15. The zero-order chi connectivity index (χ0) is 14.4. The van der Waals surface area contributed by atoms with Gasteiger partial charge in [-0.2, -0.15) is 0 Å². The standard InChI is InChI=1S/C9H12N4O.C6H12.H2O/c1-5-7(8(10)14)4-11-9(12-5)13-6-2-3-6;1-2-4-6-5-3-1;/h4,6H,2-3H2,1H3,(H2,10,14)(H,11,12,13);1-6H2;1H2. The Balaban J connectivity index is 0.000000267. The van der Waals surface area contributed by atoms with Crippen LogP contribution in [0.3, 0.4) is 0 Å². The third-order valence-electron chi connectivity index (χ3n) is 3.66. The molecule has 1 aromatic heterocycles. The smallest absolute Gasteiger partial charge is 0.252 e. The average molecular weight is 294 g/mol. The second-order valence-electron chi connectivity index (χ2n) is 5.60. The van der Waals surface area contributed by atoms with Gasteiger partial charge in [0.2, 0.25) is 5.95 Å². The molecule has 1 heterocycles. The maximum Gasteiger partial charge on any atom is 0.252 e. The number of hydrogen-bond acceptors (Lipinski definition) is 4. The molecule has 2 saturated carbocycles. The Hall–Kier alpha value is -1.69. The number of nitrogens with one attached hydrogen (secondary N) is 1. The van der Waals surface area contributed by atoms with E-state index in [0.717, 1.165) is 0 Å². The molecule has 2 aliphatic carbocycles. The summed E-state index contributed by atoms with van der Waals surface area (Å²) in [6.45, 7) is 1.75. The summed E-state index contributed by atoms with van der Waals surface area (Å²) < 4.78 is 0. The summed E-state index contributed by atoms with van der Waals surface area (Å²) in [6, 6.07) is 0.508. The zero-order valence-corrected chi connectivity index (χ0v) is 12.7. The maximum absolute atomic E-state index is 10.9. The van der Waals surface area contributed by atoms with Crippen LogP contribution >= 0.6 is 0 Å². The second-order valence-corrected chi connectivity index (χ2v) is 5.60. The molecule has 0 aliphatic heterocycles. The van der Waals surface area contributed by atoms with Crippen molar-refractivity contribution in [2.24, 2.45) is 5.73 Å². The highest BCUT2D eigenvalue weighted by Gasteiger charge is 2.22. The van der Waals surface area contributed by atoms with E-state index in [4.69, 9.17) is 5.73 Å². The normalized spacial score (nSPS) is 17.0. The van der Waals surface area contributed by atoms with E-state index in [2.05, 4.69) is 15.3 Å². The lowest BCUT2D eigenvalue weighted by atomic mass is 10.0. The molecule has 2 fully saturated rings. The maximum atomic E-state index is 10.9. The van der Waals surface area contributed by atoms with Crippen molar-refractivity contribution in [1.29, 1.82) is 0 Å². The highest BCUT2D eigenvalue weighted by Crippen LogP contribution is 2.22. The lowest BCUT2D eigenvalue weighted by molar-refractivity contribution is 0.0999. The molecular weight excluding hydrogens is 268 g/mol. The summed E-state index contributed by atoms with van der Waals surface area (Å²) in [5, 5.41) is 3.15. The van der Waals surface area contributed by atoms with Crippen LogP contribution in [0.15, 0.2) is 6.20 Å². The summed E-state index contributed by atoms with van der Waals surface area (Å²) >= 11 is 0. The minimum absolute atomic E-state index is 0. The number of amides is 1. The molecule has 1 aromatic rings. The first-order valence-electron chi connectivity index (χ1n) is 7.57. The zero-order valence-electron chi connectivity index (χ0n) is 12.7. The van der Waals surface area contributed by atoms with Crippen molar-refractivity contribution in [3.63, 3.8) is 0 Å². The summed E-state index contributed by atoms with van der Waals surface area (Å²) in [7, 11) is 0. The molecule has 0 bridgehead atoms. The summed E-state index contributed by atoms with van der Waals surface area (Å²) in [6.07, 6.45) is 12.8. The molecule has 0 radical (unpaired) electrons. The van der Waals surface area contributed by atoms with Gasteiger partial charge >= 0.3 is 0 Å². The second kappa shape index (κ2) is 8.56. The molecule has 21 heavy (non-hydrogen) atoms. The lowest BCUT2D eigenvalue weighted by Gasteiger charge is -2.05. The molecule has 6 nitrogen and oxygen atoms in total. The quantitative estimate of drug-likeness (QED) is 0.887. The fraction of sp³-hybridized carbons (Fsp3) is 0.667. The number of hydrogen-bond donors (Lipinski definition) is 2. The SMILES string of the molecule is C1CCCCC1.Cc1nc(NC2CC2)ncc1C(N)=O.O. The number of primary amides is 1. The first kappa shape index (κ1) is 17.4. The van der Waals surface area contributed by atoms with Gasteiger partial charge in [-0.3, -0.25) is 4.79 Å². The van der Waals surface area contributed by atoms with Crippen molar-refractivity contribution in [2.75, 3.05) is 5.32 Å². The predicted octanol–water partition coefficient (Wildman–Crippen LogP) is 1.97. The molecule has 1 amide bonds. The third kappa shape index (κ3) is 6.08. The molecule has 0 atom stereocenters. The Morgan fingerprint density at radius 2 is 1.71 bits per heavy atom. The molecule has 0 aromatic carbocycles. The van der Waals surface area contributed by atoms with Crippen molar-refractivity contribution < 1.29 is 10.3 Å². The Labute approximate surface area is 125 Å². The van der Waals surface area contributed by atoms with E-state index in [1.165, 1.54) is 57.6 Å². The summed E-state index contributed by atoms with van der Waals surface area (Å²) in [4.78, 5) is 19.1. The first-order valence-corrected chi connectivity index (χ1v) is 7.57. The summed E-state index contributed by atoms with van der Waals surface area (Å²) in [5.74, 6) is 0.0930. The molecule has 0 unspecified atom stereocenters. The van der Waals surface area contributed by atoms with Crippen molar-refractivity contribution in [1.82, 2.24) is 9.97 Å². The van der Waals surface area contributed by atoms with Crippen molar-refractivity contribution in [2.45, 2.75) is 64.3 Å². The van der Waals surface area contributed by atoms with E-state index in [-0.39, 0.29) is 5.48 Å². The van der Waals surface area contributed by atoms with Crippen molar-refractivity contribution in [3.05, 3.63) is 17.5 Å². The summed E-state index contributed by atoms with van der Waals surface area (Å²) in [5.41, 5.74) is 6.14. The van der Waals surface area contributed by atoms with Crippen LogP contribution in [0.25, 0.3) is 0 Å². The molecule has 0 saturated heterocycles. The predicted molar refractivity (Wildman–Crippen MR) is 83.2 cm³/mol. The Morgan fingerprint density at radius 1 is 1.19 bits per heavy atom. The van der Waals surface area contributed by atoms with E-state index in [0.29, 0.717) is 23.2 Å². The number of rotatable bonds is 3. The topological polar surface area (TPSA) is 112 Å². The van der Waals surface area contributed by atoms with Crippen LogP contribution in [0.4, 0.5) is 5.95 Å². The Morgan fingerprint density at radius 3 is 2.10 bits per heavy atom. The van der Waals surface area contributed by atoms with Crippen LogP contribution < -0.4 is 11.1 Å². The third-order valence-corrected chi connectivity index (χ3v) is 3.66. The van der Waals surface area contributed by atoms with E-state index in [9.17, 15) is 4.79 Å². The van der Waals surface area contributed by atoms with Crippen LogP contribution in [0.2, 0.25) is 0 Å². The molecule has 6 heteroatoms. The number of anilines is 1. The van der Waals surface area contributed by atoms with Gasteiger partial charge in [-0.05, 0) is 19.8 Å². The first-order chi connectivity index (χ1) is 9.66. The fourth-order valence-corrected chi connectivity index (χ4v) is 2.25. The minimum atomic E-state index is -0.486.